The quantitative estimate of drug-likeness (QED) is 0.497. The van der Waals surface area contributed by atoms with Gasteiger partial charge < -0.3 is 14.8 Å². The Bertz CT molecular complexity index is 308. The molecular formula is C17H33NO3. The van der Waals surface area contributed by atoms with Crippen LogP contribution in [0.1, 0.15) is 59.3 Å². The van der Waals surface area contributed by atoms with Crippen molar-refractivity contribution in [3.8, 4) is 0 Å². The Kier molecular flexibility index (Phi) is 8.27. The van der Waals surface area contributed by atoms with E-state index >= 15 is 0 Å². The molecule has 1 aliphatic rings. The topological polar surface area (TPSA) is 47.6 Å². The molecule has 0 aromatic rings. The van der Waals surface area contributed by atoms with E-state index in [9.17, 15) is 4.79 Å². The van der Waals surface area contributed by atoms with E-state index in [0.717, 1.165) is 45.4 Å². The molecule has 1 saturated carbocycles. The van der Waals surface area contributed by atoms with Crippen molar-refractivity contribution >= 4 is 5.97 Å². The Morgan fingerprint density at radius 2 is 2.19 bits per heavy atom. The molecule has 21 heavy (non-hydrogen) atoms. The third kappa shape index (κ3) is 4.96. The molecule has 124 valence electrons. The maximum atomic E-state index is 12.2. The van der Waals surface area contributed by atoms with Crippen molar-refractivity contribution in [3.63, 3.8) is 0 Å². The minimum atomic E-state index is -0.484. The molecule has 0 aromatic heterocycles. The van der Waals surface area contributed by atoms with Gasteiger partial charge in [0.15, 0.2) is 0 Å². The van der Waals surface area contributed by atoms with Gasteiger partial charge in [-0.3, -0.25) is 4.79 Å². The van der Waals surface area contributed by atoms with Crippen molar-refractivity contribution in [2.75, 3.05) is 26.9 Å². The Morgan fingerprint density at radius 1 is 1.43 bits per heavy atom. The number of methoxy groups -OCH3 is 1. The summed E-state index contributed by atoms with van der Waals surface area (Å²) in [4.78, 5) is 12.2. The number of hydrogen-bond acceptors (Lipinski definition) is 4. The molecule has 0 aliphatic heterocycles. The zero-order chi connectivity index (χ0) is 15.7. The lowest BCUT2D eigenvalue weighted by molar-refractivity contribution is -0.150. The van der Waals surface area contributed by atoms with E-state index in [1.54, 1.807) is 0 Å². The van der Waals surface area contributed by atoms with Gasteiger partial charge in [-0.05, 0) is 44.1 Å². The Balaban J connectivity index is 2.46. The van der Waals surface area contributed by atoms with Gasteiger partial charge >= 0.3 is 5.97 Å². The summed E-state index contributed by atoms with van der Waals surface area (Å²) in [5.74, 6) is 0.843. The first kappa shape index (κ1) is 18.4. The molecule has 0 saturated heterocycles. The van der Waals surface area contributed by atoms with Gasteiger partial charge in [-0.25, -0.2) is 0 Å². The third-order valence-electron chi connectivity index (χ3n) is 4.66. The average molecular weight is 299 g/mol. The molecule has 1 aliphatic carbocycles. The molecule has 0 radical (unpaired) electrons. The number of carbonyl (C=O) groups excluding carboxylic acids is 1. The standard InChI is InChI=1S/C17H33NO3/c1-5-8-14(3)13-21-12-10-15-9-7-11-17(15,18-6-2)16(19)20-4/h14-15,18H,5-13H2,1-4H3. The second kappa shape index (κ2) is 9.42. The molecular weight excluding hydrogens is 266 g/mol. The lowest BCUT2D eigenvalue weighted by Gasteiger charge is -2.33. The predicted octanol–water partition coefficient (Wildman–Crippen LogP) is 3.15. The number of nitrogens with one attached hydrogen (secondary N) is 1. The Hall–Kier alpha value is -0.610. The number of hydrogen-bond donors (Lipinski definition) is 1. The van der Waals surface area contributed by atoms with Crippen LogP contribution < -0.4 is 5.32 Å². The summed E-state index contributed by atoms with van der Waals surface area (Å²) in [6.45, 7) is 8.84. The van der Waals surface area contributed by atoms with E-state index in [1.807, 2.05) is 6.92 Å². The third-order valence-corrected chi connectivity index (χ3v) is 4.66. The summed E-state index contributed by atoms with van der Waals surface area (Å²) < 4.78 is 10.9. The number of likely N-dealkylation sites (N-methyl/N-ethyl adjacent to an activating group) is 1. The minimum Gasteiger partial charge on any atom is -0.468 e. The van der Waals surface area contributed by atoms with Gasteiger partial charge in [-0.15, -0.1) is 0 Å². The average Bonchev–Trinajstić information content (AvgIpc) is 2.87. The van der Waals surface area contributed by atoms with E-state index < -0.39 is 5.54 Å². The van der Waals surface area contributed by atoms with E-state index in [2.05, 4.69) is 19.2 Å². The summed E-state index contributed by atoms with van der Waals surface area (Å²) in [7, 11) is 1.49. The molecule has 1 rings (SSSR count). The molecule has 0 heterocycles. The summed E-state index contributed by atoms with van der Waals surface area (Å²) in [5, 5.41) is 3.40. The summed E-state index contributed by atoms with van der Waals surface area (Å²) in [6.07, 6.45) is 6.40. The molecule has 1 N–H and O–H groups in total. The van der Waals surface area contributed by atoms with Crippen LogP contribution in [0.4, 0.5) is 0 Å². The minimum absolute atomic E-state index is 0.105. The first-order valence-corrected chi connectivity index (χ1v) is 8.51. The van der Waals surface area contributed by atoms with Crippen molar-refractivity contribution in [1.82, 2.24) is 5.32 Å². The Labute approximate surface area is 130 Å². The molecule has 3 atom stereocenters. The predicted molar refractivity (Wildman–Crippen MR) is 85.3 cm³/mol. The van der Waals surface area contributed by atoms with Crippen LogP contribution in [0.2, 0.25) is 0 Å². The molecule has 1 fully saturated rings. The molecule has 0 bridgehead atoms. The summed E-state index contributed by atoms with van der Waals surface area (Å²) in [6, 6.07) is 0. The molecule has 4 nitrogen and oxygen atoms in total. The van der Waals surface area contributed by atoms with Crippen LogP contribution in [0.15, 0.2) is 0 Å². The molecule has 3 unspecified atom stereocenters. The van der Waals surface area contributed by atoms with E-state index in [4.69, 9.17) is 9.47 Å². The highest BCUT2D eigenvalue weighted by Gasteiger charge is 2.48. The first-order chi connectivity index (χ1) is 10.1. The molecule has 0 amide bonds. The second-order valence-electron chi connectivity index (χ2n) is 6.34. The van der Waals surface area contributed by atoms with Crippen molar-refractivity contribution in [3.05, 3.63) is 0 Å². The molecule has 0 spiro atoms. The van der Waals surface area contributed by atoms with Gasteiger partial charge in [0, 0.05) is 13.2 Å². The summed E-state index contributed by atoms with van der Waals surface area (Å²) >= 11 is 0. The monoisotopic (exact) mass is 299 g/mol. The fraction of sp³-hybridized carbons (Fsp3) is 0.941. The van der Waals surface area contributed by atoms with Crippen molar-refractivity contribution < 1.29 is 14.3 Å². The highest BCUT2D eigenvalue weighted by Crippen LogP contribution is 2.38. The van der Waals surface area contributed by atoms with Gasteiger partial charge in [0.05, 0.1) is 7.11 Å². The fourth-order valence-corrected chi connectivity index (χ4v) is 3.63. The summed E-state index contributed by atoms with van der Waals surface area (Å²) in [5.41, 5.74) is -0.484. The van der Waals surface area contributed by atoms with Crippen molar-refractivity contribution in [2.24, 2.45) is 11.8 Å². The maximum absolute atomic E-state index is 12.2. The Morgan fingerprint density at radius 3 is 2.81 bits per heavy atom. The van der Waals surface area contributed by atoms with Gasteiger partial charge in [0.2, 0.25) is 0 Å². The highest BCUT2D eigenvalue weighted by atomic mass is 16.5. The largest absolute Gasteiger partial charge is 0.468 e. The smallest absolute Gasteiger partial charge is 0.326 e. The van der Waals surface area contributed by atoms with Crippen LogP contribution in [0.25, 0.3) is 0 Å². The number of ether oxygens (including phenoxy) is 2. The molecule has 0 aromatic carbocycles. The van der Waals surface area contributed by atoms with Gasteiger partial charge in [-0.2, -0.15) is 0 Å². The SMILES string of the molecule is CCCC(C)COCCC1CCCC1(NCC)C(=O)OC. The van der Waals surface area contributed by atoms with Crippen LogP contribution in [-0.4, -0.2) is 38.4 Å². The first-order valence-electron chi connectivity index (χ1n) is 8.51. The second-order valence-corrected chi connectivity index (χ2v) is 6.34. The lowest BCUT2D eigenvalue weighted by atomic mass is 9.84. The zero-order valence-electron chi connectivity index (χ0n) is 14.2. The van der Waals surface area contributed by atoms with Crippen molar-refractivity contribution in [1.29, 1.82) is 0 Å². The normalized spacial score (nSPS) is 26.8. The number of esters is 1. The van der Waals surface area contributed by atoms with E-state index in [1.165, 1.54) is 20.0 Å². The fourth-order valence-electron chi connectivity index (χ4n) is 3.63. The van der Waals surface area contributed by atoms with E-state index in [0.29, 0.717) is 11.8 Å². The van der Waals surface area contributed by atoms with Gasteiger partial charge in [-0.1, -0.05) is 33.6 Å². The highest BCUT2D eigenvalue weighted by molar-refractivity contribution is 5.81. The van der Waals surface area contributed by atoms with Gasteiger partial charge in [0.25, 0.3) is 0 Å². The number of rotatable bonds is 10. The zero-order valence-corrected chi connectivity index (χ0v) is 14.2. The van der Waals surface area contributed by atoms with Crippen LogP contribution in [0.5, 0.6) is 0 Å². The van der Waals surface area contributed by atoms with Crippen LogP contribution >= 0.6 is 0 Å². The molecule has 4 heteroatoms. The lowest BCUT2D eigenvalue weighted by Crippen LogP contribution is -2.55. The van der Waals surface area contributed by atoms with Crippen molar-refractivity contribution in [2.45, 2.75) is 64.8 Å². The number of carbonyl (C=O) groups is 1. The van der Waals surface area contributed by atoms with Crippen LogP contribution in [0.3, 0.4) is 0 Å². The van der Waals surface area contributed by atoms with E-state index in [-0.39, 0.29) is 5.97 Å². The van der Waals surface area contributed by atoms with Gasteiger partial charge in [0.1, 0.15) is 5.54 Å². The van der Waals surface area contributed by atoms with Crippen LogP contribution in [-0.2, 0) is 14.3 Å². The van der Waals surface area contributed by atoms with Crippen LogP contribution in [0, 0.1) is 11.8 Å². The maximum Gasteiger partial charge on any atom is 0.326 e.